The van der Waals surface area contributed by atoms with Crippen molar-refractivity contribution >= 4 is 17.3 Å². The summed E-state index contributed by atoms with van der Waals surface area (Å²) in [4.78, 5) is 13.3. The van der Waals surface area contributed by atoms with E-state index in [4.69, 9.17) is 11.6 Å². The van der Waals surface area contributed by atoms with Crippen molar-refractivity contribution in [3.63, 3.8) is 0 Å². The minimum atomic E-state index is -2.81. The second-order valence-electron chi connectivity index (χ2n) is 2.81. The molecule has 0 fully saturated rings. The van der Waals surface area contributed by atoms with Crippen molar-refractivity contribution in [2.75, 3.05) is 0 Å². The molecule has 0 aromatic carbocycles. The van der Waals surface area contributed by atoms with E-state index in [2.05, 4.69) is 4.98 Å². The molecule has 4 nitrogen and oxygen atoms in total. The average Bonchev–Trinajstić information content (AvgIpc) is 2.15. The number of aryl methyl sites for hydroxylation is 1. The van der Waals surface area contributed by atoms with Crippen LogP contribution in [-0.4, -0.2) is 9.91 Å². The largest absolute Gasteiger partial charge is 0.292 e. The van der Waals surface area contributed by atoms with Gasteiger partial charge in [-0.2, -0.15) is 0 Å². The third kappa shape index (κ3) is 2.20. The van der Waals surface area contributed by atoms with E-state index in [9.17, 15) is 18.9 Å². The molecule has 0 spiro atoms. The molecule has 82 valence electrons. The third-order valence-corrected chi connectivity index (χ3v) is 2.22. The Labute approximate surface area is 89.0 Å². The summed E-state index contributed by atoms with van der Waals surface area (Å²) in [5.41, 5.74) is -1.01. The number of pyridine rings is 1. The second-order valence-corrected chi connectivity index (χ2v) is 3.08. The lowest BCUT2D eigenvalue weighted by atomic mass is 10.1. The van der Waals surface area contributed by atoms with E-state index < -0.39 is 22.6 Å². The first-order valence-electron chi connectivity index (χ1n) is 3.96. The van der Waals surface area contributed by atoms with Gasteiger partial charge < -0.3 is 0 Å². The molecule has 15 heavy (non-hydrogen) atoms. The van der Waals surface area contributed by atoms with Gasteiger partial charge in [0.15, 0.2) is 0 Å². The van der Waals surface area contributed by atoms with Gasteiger partial charge in [0.05, 0.1) is 21.9 Å². The zero-order valence-corrected chi connectivity index (χ0v) is 8.46. The van der Waals surface area contributed by atoms with E-state index in [-0.39, 0.29) is 17.1 Å². The molecule has 0 unspecified atom stereocenters. The van der Waals surface area contributed by atoms with E-state index >= 15 is 0 Å². The normalized spacial score (nSPS) is 10.7. The quantitative estimate of drug-likeness (QED) is 0.461. The molecule has 0 aliphatic heterocycles. The summed E-state index contributed by atoms with van der Waals surface area (Å²) in [5, 5.41) is 10.5. The fourth-order valence-corrected chi connectivity index (χ4v) is 1.53. The molecule has 7 heteroatoms. The number of hydrogen-bond donors (Lipinski definition) is 0. The topological polar surface area (TPSA) is 56.0 Å². The maximum absolute atomic E-state index is 12.6. The first-order chi connectivity index (χ1) is 6.99. The Balaban J connectivity index is 3.47. The van der Waals surface area contributed by atoms with E-state index in [1.807, 2.05) is 0 Å². The Hall–Kier alpha value is -1.30. The lowest BCUT2D eigenvalue weighted by Gasteiger charge is -2.08. The predicted molar refractivity (Wildman–Crippen MR) is 50.1 cm³/mol. The molecule has 0 atom stereocenters. The van der Waals surface area contributed by atoms with Crippen LogP contribution in [0, 0.1) is 17.0 Å². The Morgan fingerprint density at radius 3 is 2.67 bits per heavy atom. The number of alkyl halides is 3. The van der Waals surface area contributed by atoms with Crippen LogP contribution in [0.5, 0.6) is 0 Å². The van der Waals surface area contributed by atoms with Crippen LogP contribution in [-0.2, 0) is 5.88 Å². The molecular formula is C8H7ClF2N2O2. The van der Waals surface area contributed by atoms with Gasteiger partial charge in [0.1, 0.15) is 6.20 Å². The molecule has 0 aliphatic carbocycles. The summed E-state index contributed by atoms with van der Waals surface area (Å²) in [6.07, 6.45) is -1.87. The molecule has 0 N–H and O–H groups in total. The Kier molecular flexibility index (Phi) is 3.52. The van der Waals surface area contributed by atoms with Gasteiger partial charge >= 0.3 is 0 Å². The summed E-state index contributed by atoms with van der Waals surface area (Å²) in [6, 6.07) is 0. The van der Waals surface area contributed by atoms with E-state index in [1.54, 1.807) is 0 Å². The van der Waals surface area contributed by atoms with Gasteiger partial charge in [0, 0.05) is 5.69 Å². The van der Waals surface area contributed by atoms with Gasteiger partial charge in [-0.25, -0.2) is 8.78 Å². The summed E-state index contributed by atoms with van der Waals surface area (Å²) in [5.74, 6) is -0.334. The predicted octanol–water partition coefficient (Wildman–Crippen LogP) is 2.97. The second kappa shape index (κ2) is 4.48. The molecule has 0 bridgehead atoms. The third-order valence-electron chi connectivity index (χ3n) is 1.95. The van der Waals surface area contributed by atoms with Crippen LogP contribution in [0.25, 0.3) is 0 Å². The summed E-state index contributed by atoms with van der Waals surface area (Å²) in [7, 11) is 0. The van der Waals surface area contributed by atoms with Crippen molar-refractivity contribution in [3.05, 3.63) is 33.1 Å². The standard InChI is InChI=1S/C8H7ClF2N2O2/c1-4-7(8(10)11)5(2-9)6(3-12-4)13(14)15/h3,8H,2H2,1H3. The van der Waals surface area contributed by atoms with Gasteiger partial charge in [0.2, 0.25) is 0 Å². The van der Waals surface area contributed by atoms with E-state index in [0.29, 0.717) is 0 Å². The number of rotatable bonds is 3. The smallest absolute Gasteiger partial charge is 0.258 e. The number of nitro groups is 1. The van der Waals surface area contributed by atoms with Gasteiger partial charge in [0.25, 0.3) is 12.1 Å². The van der Waals surface area contributed by atoms with Crippen molar-refractivity contribution in [3.8, 4) is 0 Å². The SMILES string of the molecule is Cc1ncc([N+](=O)[O-])c(CCl)c1C(F)F. The molecule has 0 saturated carbocycles. The molecule has 1 rings (SSSR count). The maximum atomic E-state index is 12.6. The number of hydrogen-bond acceptors (Lipinski definition) is 3. The van der Waals surface area contributed by atoms with Crippen molar-refractivity contribution in [1.29, 1.82) is 0 Å². The van der Waals surface area contributed by atoms with Gasteiger partial charge in [-0.05, 0) is 6.92 Å². The zero-order valence-electron chi connectivity index (χ0n) is 7.71. The van der Waals surface area contributed by atoms with Crippen LogP contribution in [0.4, 0.5) is 14.5 Å². The lowest BCUT2D eigenvalue weighted by molar-refractivity contribution is -0.385. The number of aromatic nitrogens is 1. The number of nitrogens with zero attached hydrogens (tertiary/aromatic N) is 2. The molecule has 1 aromatic heterocycles. The fraction of sp³-hybridized carbons (Fsp3) is 0.375. The first-order valence-corrected chi connectivity index (χ1v) is 4.49. The lowest BCUT2D eigenvalue weighted by Crippen LogP contribution is -2.04. The highest BCUT2D eigenvalue weighted by molar-refractivity contribution is 6.17. The van der Waals surface area contributed by atoms with Crippen molar-refractivity contribution in [2.45, 2.75) is 19.2 Å². The molecule has 0 aliphatic rings. The minimum absolute atomic E-state index is 0.0613. The molecule has 0 amide bonds. The Morgan fingerprint density at radius 2 is 2.27 bits per heavy atom. The summed E-state index contributed by atoms with van der Waals surface area (Å²) < 4.78 is 25.2. The highest BCUT2D eigenvalue weighted by Crippen LogP contribution is 2.32. The van der Waals surface area contributed by atoms with Crippen LogP contribution >= 0.6 is 11.6 Å². The van der Waals surface area contributed by atoms with Crippen LogP contribution in [0.1, 0.15) is 23.2 Å². The monoisotopic (exact) mass is 236 g/mol. The molecule has 0 radical (unpaired) electrons. The number of halogens is 3. The molecule has 1 aromatic rings. The van der Waals surface area contributed by atoms with Crippen molar-refractivity contribution < 1.29 is 13.7 Å². The fourth-order valence-electron chi connectivity index (χ4n) is 1.25. The molecular weight excluding hydrogens is 230 g/mol. The van der Waals surface area contributed by atoms with E-state index in [1.165, 1.54) is 6.92 Å². The Morgan fingerprint density at radius 1 is 1.67 bits per heavy atom. The zero-order chi connectivity index (χ0) is 11.6. The average molecular weight is 237 g/mol. The summed E-state index contributed by atoms with van der Waals surface area (Å²) >= 11 is 5.43. The summed E-state index contributed by atoms with van der Waals surface area (Å²) in [6.45, 7) is 1.36. The van der Waals surface area contributed by atoms with Crippen LogP contribution in [0.3, 0.4) is 0 Å². The molecule has 1 heterocycles. The Bertz CT molecular complexity index is 398. The highest BCUT2D eigenvalue weighted by Gasteiger charge is 2.24. The maximum Gasteiger partial charge on any atom is 0.292 e. The highest BCUT2D eigenvalue weighted by atomic mass is 35.5. The van der Waals surface area contributed by atoms with Gasteiger partial charge in [-0.3, -0.25) is 15.1 Å². The van der Waals surface area contributed by atoms with Crippen LogP contribution in [0.2, 0.25) is 0 Å². The van der Waals surface area contributed by atoms with Crippen LogP contribution < -0.4 is 0 Å². The first kappa shape index (κ1) is 11.8. The van der Waals surface area contributed by atoms with Gasteiger partial charge in [-0.15, -0.1) is 11.6 Å². The van der Waals surface area contributed by atoms with Gasteiger partial charge in [-0.1, -0.05) is 0 Å². The minimum Gasteiger partial charge on any atom is -0.258 e. The van der Waals surface area contributed by atoms with Crippen LogP contribution in [0.15, 0.2) is 6.20 Å². The van der Waals surface area contributed by atoms with Crippen molar-refractivity contribution in [2.24, 2.45) is 0 Å². The van der Waals surface area contributed by atoms with Crippen molar-refractivity contribution in [1.82, 2.24) is 4.98 Å². The van der Waals surface area contributed by atoms with E-state index in [0.717, 1.165) is 6.20 Å². The molecule has 0 saturated heterocycles.